The van der Waals surface area contributed by atoms with E-state index in [1.54, 1.807) is 17.9 Å². The maximum absolute atomic E-state index is 8.97. The summed E-state index contributed by atoms with van der Waals surface area (Å²) in [6.07, 6.45) is 1.55. The van der Waals surface area contributed by atoms with Gasteiger partial charge in [-0.05, 0) is 0 Å². The van der Waals surface area contributed by atoms with Crippen molar-refractivity contribution in [1.82, 2.24) is 15.0 Å². The second kappa shape index (κ2) is 3.74. The molecule has 1 aromatic rings. The zero-order chi connectivity index (χ0) is 9.90. The first-order chi connectivity index (χ1) is 6.05. The van der Waals surface area contributed by atoms with Gasteiger partial charge in [-0.3, -0.25) is 0 Å². The summed E-state index contributed by atoms with van der Waals surface area (Å²) in [6.45, 7) is 4.40. The zero-order valence-corrected chi connectivity index (χ0v) is 8.19. The van der Waals surface area contributed by atoms with E-state index in [4.69, 9.17) is 9.84 Å². The largest absolute Gasteiger partial charge is 0.476 e. The van der Waals surface area contributed by atoms with Crippen LogP contribution >= 0.6 is 0 Å². The van der Waals surface area contributed by atoms with Crippen molar-refractivity contribution in [2.75, 3.05) is 13.2 Å². The highest BCUT2D eigenvalue weighted by Crippen LogP contribution is 2.16. The molecule has 0 aliphatic rings. The van der Waals surface area contributed by atoms with Gasteiger partial charge in [0.1, 0.15) is 6.20 Å². The van der Waals surface area contributed by atoms with Gasteiger partial charge >= 0.3 is 0 Å². The second-order valence-electron chi connectivity index (χ2n) is 3.81. The van der Waals surface area contributed by atoms with Crippen molar-refractivity contribution in [2.45, 2.75) is 13.8 Å². The predicted octanol–water partition coefficient (Wildman–Crippen LogP) is 0.212. The summed E-state index contributed by atoms with van der Waals surface area (Å²) in [4.78, 5) is 0. The molecule has 1 aromatic heterocycles. The summed E-state index contributed by atoms with van der Waals surface area (Å²) < 4.78 is 6.96. The molecule has 0 saturated heterocycles. The standard InChI is InChI=1S/C8H15N3O2/c1-8(2,5-12)6-13-7-4-9-10-11(7)3/h4,12H,5-6H2,1-3H3. The molecule has 0 bridgehead atoms. The molecule has 5 heteroatoms. The van der Waals surface area contributed by atoms with Crippen LogP contribution in [-0.4, -0.2) is 33.3 Å². The van der Waals surface area contributed by atoms with E-state index in [1.165, 1.54) is 0 Å². The number of hydrogen-bond acceptors (Lipinski definition) is 4. The van der Waals surface area contributed by atoms with E-state index < -0.39 is 0 Å². The lowest BCUT2D eigenvalue weighted by atomic mass is 9.97. The summed E-state index contributed by atoms with van der Waals surface area (Å²) >= 11 is 0. The Hall–Kier alpha value is -1.10. The van der Waals surface area contributed by atoms with Crippen molar-refractivity contribution < 1.29 is 9.84 Å². The number of aromatic nitrogens is 3. The molecule has 0 fully saturated rings. The lowest BCUT2D eigenvalue weighted by Crippen LogP contribution is -2.25. The molecule has 0 aliphatic carbocycles. The van der Waals surface area contributed by atoms with Gasteiger partial charge in [-0.15, -0.1) is 5.10 Å². The Morgan fingerprint density at radius 2 is 2.31 bits per heavy atom. The number of ether oxygens (including phenoxy) is 1. The quantitative estimate of drug-likeness (QED) is 0.728. The Bertz CT molecular complexity index is 270. The number of hydrogen-bond donors (Lipinski definition) is 1. The molecule has 13 heavy (non-hydrogen) atoms. The third-order valence-corrected chi connectivity index (χ3v) is 1.71. The highest BCUT2D eigenvalue weighted by Gasteiger charge is 2.18. The molecule has 0 unspecified atom stereocenters. The fourth-order valence-electron chi connectivity index (χ4n) is 0.726. The molecule has 1 heterocycles. The Kier molecular flexibility index (Phi) is 2.87. The summed E-state index contributed by atoms with van der Waals surface area (Å²) in [6, 6.07) is 0. The van der Waals surface area contributed by atoms with Crippen LogP contribution in [0, 0.1) is 5.41 Å². The first-order valence-corrected chi connectivity index (χ1v) is 4.13. The summed E-state index contributed by atoms with van der Waals surface area (Å²) in [5.41, 5.74) is -0.232. The van der Waals surface area contributed by atoms with E-state index in [-0.39, 0.29) is 12.0 Å². The Morgan fingerprint density at radius 3 is 2.77 bits per heavy atom. The minimum absolute atomic E-state index is 0.0955. The number of aryl methyl sites for hydroxylation is 1. The van der Waals surface area contributed by atoms with Crippen LogP contribution in [0.25, 0.3) is 0 Å². The van der Waals surface area contributed by atoms with E-state index in [1.807, 2.05) is 13.8 Å². The second-order valence-corrected chi connectivity index (χ2v) is 3.81. The Balaban J connectivity index is 2.48. The van der Waals surface area contributed by atoms with Crippen LogP contribution in [0.4, 0.5) is 0 Å². The monoisotopic (exact) mass is 185 g/mol. The molecule has 0 aliphatic heterocycles. The highest BCUT2D eigenvalue weighted by molar-refractivity contribution is 5.00. The van der Waals surface area contributed by atoms with Crippen LogP contribution in [-0.2, 0) is 7.05 Å². The van der Waals surface area contributed by atoms with Gasteiger partial charge in [0.15, 0.2) is 0 Å². The number of aliphatic hydroxyl groups is 1. The summed E-state index contributed by atoms with van der Waals surface area (Å²) in [5, 5.41) is 16.4. The average Bonchev–Trinajstić information content (AvgIpc) is 2.48. The molecule has 0 saturated carbocycles. The van der Waals surface area contributed by atoms with Gasteiger partial charge in [0, 0.05) is 12.5 Å². The molecule has 0 amide bonds. The third-order valence-electron chi connectivity index (χ3n) is 1.71. The van der Waals surface area contributed by atoms with Crippen LogP contribution in [0.3, 0.4) is 0 Å². The molecule has 74 valence electrons. The average molecular weight is 185 g/mol. The molecular weight excluding hydrogens is 170 g/mol. The maximum atomic E-state index is 8.97. The van der Waals surface area contributed by atoms with Gasteiger partial charge in [-0.25, -0.2) is 4.68 Å². The van der Waals surface area contributed by atoms with Crippen molar-refractivity contribution in [3.05, 3.63) is 6.20 Å². The third kappa shape index (κ3) is 2.69. The van der Waals surface area contributed by atoms with Gasteiger partial charge in [-0.2, -0.15) is 0 Å². The minimum Gasteiger partial charge on any atom is -0.476 e. The van der Waals surface area contributed by atoms with E-state index in [0.29, 0.717) is 12.5 Å². The van der Waals surface area contributed by atoms with E-state index in [2.05, 4.69) is 10.3 Å². The molecule has 5 nitrogen and oxygen atoms in total. The van der Waals surface area contributed by atoms with Crippen LogP contribution in [0.5, 0.6) is 5.88 Å². The first kappa shape index (κ1) is 9.98. The van der Waals surface area contributed by atoms with Crippen LogP contribution in [0.2, 0.25) is 0 Å². The van der Waals surface area contributed by atoms with E-state index in [0.717, 1.165) is 0 Å². The van der Waals surface area contributed by atoms with Crippen LogP contribution < -0.4 is 4.74 Å². The zero-order valence-electron chi connectivity index (χ0n) is 8.19. The van der Waals surface area contributed by atoms with Gasteiger partial charge in [0.05, 0.1) is 13.2 Å². The normalized spacial score (nSPS) is 11.7. The van der Waals surface area contributed by atoms with E-state index in [9.17, 15) is 0 Å². The number of nitrogens with zero attached hydrogens (tertiary/aromatic N) is 3. The van der Waals surface area contributed by atoms with Crippen LogP contribution in [0.1, 0.15) is 13.8 Å². The minimum atomic E-state index is -0.232. The number of aliphatic hydroxyl groups excluding tert-OH is 1. The van der Waals surface area contributed by atoms with Crippen molar-refractivity contribution in [3.8, 4) is 5.88 Å². The van der Waals surface area contributed by atoms with Crippen molar-refractivity contribution >= 4 is 0 Å². The summed E-state index contributed by atoms with van der Waals surface area (Å²) in [7, 11) is 1.76. The molecule has 1 rings (SSSR count). The van der Waals surface area contributed by atoms with Gasteiger partial charge < -0.3 is 9.84 Å². The van der Waals surface area contributed by atoms with Crippen molar-refractivity contribution in [2.24, 2.45) is 12.5 Å². The SMILES string of the molecule is Cn1nncc1OCC(C)(C)CO. The Morgan fingerprint density at radius 1 is 1.62 bits per heavy atom. The smallest absolute Gasteiger partial charge is 0.232 e. The summed E-state index contributed by atoms with van der Waals surface area (Å²) in [5.74, 6) is 0.613. The predicted molar refractivity (Wildman–Crippen MR) is 47.4 cm³/mol. The fraction of sp³-hybridized carbons (Fsp3) is 0.750. The Labute approximate surface area is 77.3 Å². The topological polar surface area (TPSA) is 60.2 Å². The lowest BCUT2D eigenvalue weighted by Gasteiger charge is -2.21. The maximum Gasteiger partial charge on any atom is 0.232 e. The molecule has 0 spiro atoms. The van der Waals surface area contributed by atoms with Gasteiger partial charge in [-0.1, -0.05) is 19.1 Å². The highest BCUT2D eigenvalue weighted by atomic mass is 16.5. The van der Waals surface area contributed by atoms with Gasteiger partial charge in [0.25, 0.3) is 0 Å². The molecule has 0 atom stereocenters. The van der Waals surface area contributed by atoms with Crippen molar-refractivity contribution in [1.29, 1.82) is 0 Å². The van der Waals surface area contributed by atoms with Gasteiger partial charge in [0.2, 0.25) is 5.88 Å². The molecular formula is C8H15N3O2. The first-order valence-electron chi connectivity index (χ1n) is 4.13. The van der Waals surface area contributed by atoms with Crippen LogP contribution in [0.15, 0.2) is 6.20 Å². The van der Waals surface area contributed by atoms with Crippen molar-refractivity contribution in [3.63, 3.8) is 0 Å². The molecule has 0 aromatic carbocycles. The lowest BCUT2D eigenvalue weighted by molar-refractivity contribution is 0.0927. The molecule has 0 radical (unpaired) electrons. The number of rotatable bonds is 4. The molecule has 1 N–H and O–H groups in total. The fourth-order valence-corrected chi connectivity index (χ4v) is 0.726. The van der Waals surface area contributed by atoms with E-state index >= 15 is 0 Å².